The fraction of sp³-hybridized carbons (Fsp3) is 0.500. The first-order valence-electron chi connectivity index (χ1n) is 4.99. The van der Waals surface area contributed by atoms with Gasteiger partial charge in [-0.2, -0.15) is 0 Å². The molecule has 15 heavy (non-hydrogen) atoms. The average Bonchev–Trinajstić information content (AvgIpc) is 2.18. The summed E-state index contributed by atoms with van der Waals surface area (Å²) in [5.41, 5.74) is 1.26. The van der Waals surface area contributed by atoms with Crippen molar-refractivity contribution in [1.82, 2.24) is 0 Å². The number of benzene rings is 1. The highest BCUT2D eigenvalue weighted by molar-refractivity contribution is 9.10. The van der Waals surface area contributed by atoms with Gasteiger partial charge in [-0.15, -0.1) is 11.6 Å². The van der Waals surface area contributed by atoms with Crippen molar-refractivity contribution in [3.63, 3.8) is 0 Å². The zero-order valence-corrected chi connectivity index (χ0v) is 11.6. The van der Waals surface area contributed by atoms with E-state index in [0.717, 1.165) is 10.2 Å². The Balaban J connectivity index is 3.00. The van der Waals surface area contributed by atoms with Crippen molar-refractivity contribution in [2.75, 3.05) is 13.0 Å². The molecule has 3 heteroatoms. The number of halogens is 2. The van der Waals surface area contributed by atoms with Gasteiger partial charge in [-0.3, -0.25) is 0 Å². The fourth-order valence-corrected chi connectivity index (χ4v) is 2.66. The molecule has 0 spiro atoms. The molecule has 1 aromatic rings. The Bertz CT molecular complexity index is 325. The van der Waals surface area contributed by atoms with Gasteiger partial charge in [0.15, 0.2) is 0 Å². The number of ether oxygens (including phenoxy) is 1. The van der Waals surface area contributed by atoms with Crippen molar-refractivity contribution < 1.29 is 4.74 Å². The minimum Gasteiger partial charge on any atom is -0.496 e. The molecule has 1 aromatic carbocycles. The molecule has 0 aromatic heterocycles. The van der Waals surface area contributed by atoms with E-state index in [-0.39, 0.29) is 0 Å². The summed E-state index contributed by atoms with van der Waals surface area (Å²) in [6.07, 6.45) is 0. The van der Waals surface area contributed by atoms with Crippen LogP contribution < -0.4 is 4.74 Å². The van der Waals surface area contributed by atoms with Gasteiger partial charge in [0.2, 0.25) is 0 Å². The topological polar surface area (TPSA) is 9.23 Å². The fourth-order valence-electron chi connectivity index (χ4n) is 1.57. The van der Waals surface area contributed by atoms with Crippen LogP contribution in [0.1, 0.15) is 25.3 Å². The van der Waals surface area contributed by atoms with Crippen LogP contribution in [0.3, 0.4) is 0 Å². The maximum Gasteiger partial charge on any atom is 0.133 e. The molecule has 84 valence electrons. The van der Waals surface area contributed by atoms with E-state index in [2.05, 4.69) is 41.9 Å². The minimum atomic E-state index is 0.397. The molecule has 0 saturated heterocycles. The van der Waals surface area contributed by atoms with Gasteiger partial charge in [-0.05, 0) is 45.5 Å². The first-order chi connectivity index (χ1) is 7.10. The quantitative estimate of drug-likeness (QED) is 0.745. The van der Waals surface area contributed by atoms with E-state index >= 15 is 0 Å². The summed E-state index contributed by atoms with van der Waals surface area (Å²) in [4.78, 5) is 0. The zero-order chi connectivity index (χ0) is 11.4. The molecule has 0 aliphatic carbocycles. The second-order valence-corrected chi connectivity index (χ2v) is 5.06. The lowest BCUT2D eigenvalue weighted by Gasteiger charge is -2.19. The molecule has 0 aliphatic heterocycles. The molecule has 1 rings (SSSR count). The third kappa shape index (κ3) is 3.12. The lowest BCUT2D eigenvalue weighted by molar-refractivity contribution is 0.411. The van der Waals surface area contributed by atoms with Gasteiger partial charge < -0.3 is 4.74 Å². The molecular formula is C12H16BrClO. The molecule has 0 amide bonds. The molecule has 1 atom stereocenters. The maximum absolute atomic E-state index is 5.98. The van der Waals surface area contributed by atoms with E-state index in [1.807, 2.05) is 6.07 Å². The van der Waals surface area contributed by atoms with E-state index in [0.29, 0.717) is 17.7 Å². The molecule has 1 unspecified atom stereocenters. The minimum absolute atomic E-state index is 0.397. The summed E-state index contributed by atoms with van der Waals surface area (Å²) in [5, 5.41) is 0. The van der Waals surface area contributed by atoms with Gasteiger partial charge in [0, 0.05) is 5.88 Å². The van der Waals surface area contributed by atoms with Gasteiger partial charge in [-0.25, -0.2) is 0 Å². The summed E-state index contributed by atoms with van der Waals surface area (Å²) in [6.45, 7) is 4.37. The molecular weight excluding hydrogens is 275 g/mol. The smallest absolute Gasteiger partial charge is 0.133 e. The first-order valence-corrected chi connectivity index (χ1v) is 6.32. The average molecular weight is 292 g/mol. The number of alkyl halides is 1. The first kappa shape index (κ1) is 12.9. The highest BCUT2D eigenvalue weighted by Crippen LogP contribution is 2.32. The molecule has 0 fully saturated rings. The van der Waals surface area contributed by atoms with Gasteiger partial charge in [0.05, 0.1) is 11.6 Å². The highest BCUT2D eigenvalue weighted by atomic mass is 79.9. The lowest BCUT2D eigenvalue weighted by Crippen LogP contribution is -2.08. The van der Waals surface area contributed by atoms with Crippen molar-refractivity contribution >= 4 is 27.5 Å². The van der Waals surface area contributed by atoms with Crippen LogP contribution in [0.15, 0.2) is 22.7 Å². The Hall–Kier alpha value is -0.210. The Labute approximate surface area is 105 Å². The van der Waals surface area contributed by atoms with Crippen LogP contribution in [0.25, 0.3) is 0 Å². The van der Waals surface area contributed by atoms with Crippen LogP contribution in [0, 0.1) is 5.92 Å². The largest absolute Gasteiger partial charge is 0.496 e. The van der Waals surface area contributed by atoms with Gasteiger partial charge in [0.25, 0.3) is 0 Å². The third-order valence-electron chi connectivity index (χ3n) is 2.57. The van der Waals surface area contributed by atoms with Gasteiger partial charge >= 0.3 is 0 Å². The Morgan fingerprint density at radius 1 is 1.40 bits per heavy atom. The van der Waals surface area contributed by atoms with Crippen LogP contribution in [0.2, 0.25) is 0 Å². The molecule has 0 heterocycles. The SMILES string of the molecule is COc1ccc(C(CCl)C(C)C)cc1Br. The summed E-state index contributed by atoms with van der Waals surface area (Å²) < 4.78 is 6.18. The van der Waals surface area contributed by atoms with Crippen molar-refractivity contribution in [2.45, 2.75) is 19.8 Å². The van der Waals surface area contributed by atoms with Crippen molar-refractivity contribution in [3.05, 3.63) is 28.2 Å². The van der Waals surface area contributed by atoms with Crippen LogP contribution in [0.5, 0.6) is 5.75 Å². The third-order valence-corrected chi connectivity index (χ3v) is 3.53. The van der Waals surface area contributed by atoms with Crippen molar-refractivity contribution in [1.29, 1.82) is 0 Å². The van der Waals surface area contributed by atoms with Crippen LogP contribution in [0.4, 0.5) is 0 Å². The van der Waals surface area contributed by atoms with Gasteiger partial charge in [-0.1, -0.05) is 19.9 Å². The summed E-state index contributed by atoms with van der Waals surface area (Å²) >= 11 is 9.46. The lowest BCUT2D eigenvalue weighted by atomic mass is 9.90. The highest BCUT2D eigenvalue weighted by Gasteiger charge is 2.15. The Morgan fingerprint density at radius 3 is 2.47 bits per heavy atom. The van der Waals surface area contributed by atoms with Gasteiger partial charge in [0.1, 0.15) is 5.75 Å². The van der Waals surface area contributed by atoms with E-state index < -0.39 is 0 Å². The monoisotopic (exact) mass is 290 g/mol. The second-order valence-electron chi connectivity index (χ2n) is 3.90. The number of hydrogen-bond acceptors (Lipinski definition) is 1. The van der Waals surface area contributed by atoms with Crippen LogP contribution >= 0.6 is 27.5 Å². The van der Waals surface area contributed by atoms with E-state index in [1.54, 1.807) is 7.11 Å². The molecule has 0 N–H and O–H groups in total. The second kappa shape index (κ2) is 5.76. The van der Waals surface area contributed by atoms with Crippen LogP contribution in [-0.2, 0) is 0 Å². The molecule has 0 aliphatic rings. The Kier molecular flexibility index (Phi) is 4.94. The normalized spacial score (nSPS) is 12.9. The zero-order valence-electron chi connectivity index (χ0n) is 9.26. The number of hydrogen-bond donors (Lipinski definition) is 0. The number of methoxy groups -OCH3 is 1. The van der Waals surface area contributed by atoms with E-state index in [1.165, 1.54) is 5.56 Å². The maximum atomic E-state index is 5.98. The molecule has 1 nitrogen and oxygen atoms in total. The standard InChI is InChI=1S/C12H16BrClO/c1-8(2)10(7-14)9-4-5-12(15-3)11(13)6-9/h4-6,8,10H,7H2,1-3H3. The van der Waals surface area contributed by atoms with Crippen molar-refractivity contribution in [3.8, 4) is 5.75 Å². The molecule has 0 bridgehead atoms. The van der Waals surface area contributed by atoms with E-state index in [4.69, 9.17) is 16.3 Å². The summed E-state index contributed by atoms with van der Waals surface area (Å²) in [6, 6.07) is 6.14. The summed E-state index contributed by atoms with van der Waals surface area (Å²) in [5.74, 6) is 2.45. The predicted octanol–water partition coefficient (Wildman–Crippen LogP) is 4.44. The Morgan fingerprint density at radius 2 is 2.07 bits per heavy atom. The van der Waals surface area contributed by atoms with E-state index in [9.17, 15) is 0 Å². The predicted molar refractivity (Wildman–Crippen MR) is 69.0 cm³/mol. The van der Waals surface area contributed by atoms with Crippen LogP contribution in [-0.4, -0.2) is 13.0 Å². The molecule has 0 saturated carbocycles. The number of rotatable bonds is 4. The van der Waals surface area contributed by atoms with Crippen molar-refractivity contribution in [2.24, 2.45) is 5.92 Å². The summed E-state index contributed by atoms with van der Waals surface area (Å²) in [7, 11) is 1.67. The molecule has 0 radical (unpaired) electrons.